The topological polar surface area (TPSA) is 120 Å². The highest BCUT2D eigenvalue weighted by molar-refractivity contribution is 6.32. The summed E-state index contributed by atoms with van der Waals surface area (Å²) >= 11 is 6.22. The third-order valence-electron chi connectivity index (χ3n) is 6.53. The molecule has 0 saturated heterocycles. The summed E-state index contributed by atoms with van der Waals surface area (Å²) in [4.78, 5) is 23.6. The van der Waals surface area contributed by atoms with Gasteiger partial charge < -0.3 is 15.5 Å². The molecule has 35 heavy (non-hydrogen) atoms. The van der Waals surface area contributed by atoms with E-state index in [2.05, 4.69) is 41.8 Å². The van der Waals surface area contributed by atoms with Crippen molar-refractivity contribution in [2.24, 2.45) is 0 Å². The molecule has 1 aliphatic heterocycles. The molecule has 1 saturated carbocycles. The number of halogens is 1. The molecule has 9 nitrogen and oxygen atoms in total. The summed E-state index contributed by atoms with van der Waals surface area (Å²) in [6, 6.07) is 11.2. The van der Waals surface area contributed by atoms with Crippen molar-refractivity contribution in [3.8, 4) is 6.07 Å². The average molecular weight is 489 g/mol. The van der Waals surface area contributed by atoms with Crippen molar-refractivity contribution < 1.29 is 4.79 Å². The molecule has 0 bridgehead atoms. The molecule has 5 rings (SSSR count). The highest BCUT2D eigenvalue weighted by Crippen LogP contribution is 2.30. The van der Waals surface area contributed by atoms with Gasteiger partial charge in [-0.3, -0.25) is 4.79 Å². The van der Waals surface area contributed by atoms with Crippen LogP contribution >= 0.6 is 11.6 Å². The number of nitriles is 1. The molecule has 0 unspecified atom stereocenters. The molecule has 1 fully saturated rings. The first-order valence-corrected chi connectivity index (χ1v) is 12.2. The first-order valence-electron chi connectivity index (χ1n) is 11.8. The van der Waals surface area contributed by atoms with Gasteiger partial charge in [0.2, 0.25) is 0 Å². The van der Waals surface area contributed by atoms with Crippen LogP contribution in [0.25, 0.3) is 0 Å². The Bertz CT molecular complexity index is 1270. The summed E-state index contributed by atoms with van der Waals surface area (Å²) in [5.74, 6) is 1.01. The van der Waals surface area contributed by atoms with Crippen LogP contribution in [0.4, 0.5) is 17.3 Å². The Kier molecular flexibility index (Phi) is 6.73. The molecule has 0 spiro atoms. The third kappa shape index (κ3) is 5.17. The number of hydrogen-bond donors (Lipinski definition) is 2. The molecule has 2 aromatic heterocycles. The number of hydrogen-bond acceptors (Lipinski definition) is 8. The summed E-state index contributed by atoms with van der Waals surface area (Å²) in [5.41, 5.74) is 3.64. The van der Waals surface area contributed by atoms with Gasteiger partial charge in [0.15, 0.2) is 11.5 Å². The van der Waals surface area contributed by atoms with Gasteiger partial charge in [-0.25, -0.2) is 9.97 Å². The number of nitrogens with zero attached hydrogens (tertiary/aromatic N) is 6. The van der Waals surface area contributed by atoms with Gasteiger partial charge in [-0.05, 0) is 49.6 Å². The molecule has 10 heteroatoms. The van der Waals surface area contributed by atoms with E-state index in [1.54, 1.807) is 18.2 Å². The van der Waals surface area contributed by atoms with Crippen molar-refractivity contribution >= 4 is 34.8 Å². The molecule has 1 aromatic carbocycles. The van der Waals surface area contributed by atoms with E-state index in [4.69, 9.17) is 16.9 Å². The van der Waals surface area contributed by atoms with E-state index in [1.165, 1.54) is 12.7 Å². The second-order valence-electron chi connectivity index (χ2n) is 8.83. The third-order valence-corrected chi connectivity index (χ3v) is 6.84. The molecule has 1 amide bonds. The molecular weight excluding hydrogens is 464 g/mol. The Labute approximate surface area is 208 Å². The molecule has 3 heterocycles. The number of fused-ring (bicyclic) bond motifs is 1. The first kappa shape index (κ1) is 23.0. The van der Waals surface area contributed by atoms with Crippen LogP contribution in [0.3, 0.4) is 0 Å². The lowest BCUT2D eigenvalue weighted by atomic mass is 9.95. The smallest absolute Gasteiger partial charge is 0.272 e. The molecule has 0 radical (unpaired) electrons. The minimum atomic E-state index is -0.182. The zero-order valence-electron chi connectivity index (χ0n) is 19.2. The summed E-state index contributed by atoms with van der Waals surface area (Å²) in [6.07, 6.45) is 7.84. The van der Waals surface area contributed by atoms with Crippen molar-refractivity contribution in [3.63, 3.8) is 0 Å². The van der Waals surface area contributed by atoms with Crippen molar-refractivity contribution in [2.45, 2.75) is 51.1 Å². The molecular formula is C25H25ClN8O. The maximum atomic E-state index is 12.5. The molecule has 1 aliphatic carbocycles. The quantitative estimate of drug-likeness (QED) is 0.549. The van der Waals surface area contributed by atoms with Crippen LogP contribution in [-0.4, -0.2) is 38.7 Å². The number of anilines is 3. The van der Waals surface area contributed by atoms with Crippen LogP contribution in [0.1, 0.15) is 59.4 Å². The SMILES string of the molecule is N#Cc1ccc(N2CCc3c(ncnc3Nc3ccc(C(=O)NC4CCCCC4)nn3)C2)cc1Cl. The Hall–Kier alpha value is -3.77. The standard InChI is InChI=1S/C25H25ClN8O/c26-20-12-18(7-6-16(20)13-27)34-11-10-19-22(14-34)28-15-29-24(19)31-23-9-8-21(32-33-23)25(35)30-17-4-2-1-3-5-17/h6-9,12,15,17H,1-5,10-11,14H2,(H,30,35)(H,28,29,31,33). The van der Waals surface area contributed by atoms with Crippen LogP contribution in [0.2, 0.25) is 5.02 Å². The fourth-order valence-corrected chi connectivity index (χ4v) is 4.84. The van der Waals surface area contributed by atoms with Crippen LogP contribution in [0, 0.1) is 11.3 Å². The second kappa shape index (κ2) is 10.2. The van der Waals surface area contributed by atoms with E-state index in [0.717, 1.165) is 55.6 Å². The Morgan fingerprint density at radius 1 is 1.11 bits per heavy atom. The lowest BCUT2D eigenvalue weighted by Crippen LogP contribution is -2.36. The van der Waals surface area contributed by atoms with E-state index in [-0.39, 0.29) is 11.9 Å². The van der Waals surface area contributed by atoms with Crippen molar-refractivity contribution in [1.82, 2.24) is 25.5 Å². The van der Waals surface area contributed by atoms with Gasteiger partial charge in [0.25, 0.3) is 5.91 Å². The van der Waals surface area contributed by atoms with Gasteiger partial charge in [0.05, 0.1) is 22.8 Å². The monoisotopic (exact) mass is 488 g/mol. The minimum absolute atomic E-state index is 0.182. The normalized spacial score (nSPS) is 15.7. The van der Waals surface area contributed by atoms with E-state index >= 15 is 0 Å². The van der Waals surface area contributed by atoms with E-state index < -0.39 is 0 Å². The lowest BCUT2D eigenvalue weighted by Gasteiger charge is -2.30. The number of amides is 1. The number of rotatable bonds is 5. The molecule has 2 N–H and O–H groups in total. The van der Waals surface area contributed by atoms with E-state index in [1.807, 2.05) is 12.1 Å². The minimum Gasteiger partial charge on any atom is -0.365 e. The Morgan fingerprint density at radius 3 is 2.71 bits per heavy atom. The number of aromatic nitrogens is 4. The van der Waals surface area contributed by atoms with Gasteiger partial charge >= 0.3 is 0 Å². The largest absolute Gasteiger partial charge is 0.365 e. The number of nitrogens with one attached hydrogen (secondary N) is 2. The van der Waals surface area contributed by atoms with Gasteiger partial charge in [-0.1, -0.05) is 30.9 Å². The summed E-state index contributed by atoms with van der Waals surface area (Å²) < 4.78 is 0. The van der Waals surface area contributed by atoms with Crippen molar-refractivity contribution in [1.29, 1.82) is 5.26 Å². The fourth-order valence-electron chi connectivity index (χ4n) is 4.62. The van der Waals surface area contributed by atoms with Crippen LogP contribution < -0.4 is 15.5 Å². The fraction of sp³-hybridized carbons (Fsp3) is 0.360. The van der Waals surface area contributed by atoms with Crippen LogP contribution in [0.5, 0.6) is 0 Å². The maximum absolute atomic E-state index is 12.5. The van der Waals surface area contributed by atoms with E-state index in [0.29, 0.717) is 34.5 Å². The molecule has 3 aromatic rings. The van der Waals surface area contributed by atoms with E-state index in [9.17, 15) is 4.79 Å². The van der Waals surface area contributed by atoms with Gasteiger partial charge in [0, 0.05) is 23.8 Å². The Morgan fingerprint density at radius 2 is 1.97 bits per heavy atom. The zero-order chi connectivity index (χ0) is 24.2. The van der Waals surface area contributed by atoms with Gasteiger partial charge in [0.1, 0.15) is 18.2 Å². The summed E-state index contributed by atoms with van der Waals surface area (Å²) in [5, 5.41) is 24.1. The van der Waals surface area contributed by atoms with Gasteiger partial charge in [-0.15, -0.1) is 10.2 Å². The summed E-state index contributed by atoms with van der Waals surface area (Å²) in [6.45, 7) is 1.35. The lowest BCUT2D eigenvalue weighted by molar-refractivity contribution is 0.0921. The summed E-state index contributed by atoms with van der Waals surface area (Å²) in [7, 11) is 0. The van der Waals surface area contributed by atoms with Crippen LogP contribution in [0.15, 0.2) is 36.7 Å². The van der Waals surface area contributed by atoms with Gasteiger partial charge in [-0.2, -0.15) is 5.26 Å². The number of benzene rings is 1. The zero-order valence-corrected chi connectivity index (χ0v) is 19.9. The predicted octanol–water partition coefficient (Wildman–Crippen LogP) is 4.16. The number of carbonyl (C=O) groups is 1. The highest BCUT2D eigenvalue weighted by Gasteiger charge is 2.22. The maximum Gasteiger partial charge on any atom is 0.272 e. The molecule has 2 aliphatic rings. The Balaban J connectivity index is 1.26. The molecule has 178 valence electrons. The van der Waals surface area contributed by atoms with Crippen molar-refractivity contribution in [2.75, 3.05) is 16.8 Å². The van der Waals surface area contributed by atoms with Crippen molar-refractivity contribution in [3.05, 3.63) is 64.2 Å². The number of carbonyl (C=O) groups excluding carboxylic acids is 1. The highest BCUT2D eigenvalue weighted by atomic mass is 35.5. The first-order chi connectivity index (χ1) is 17.1. The molecule has 0 atom stereocenters. The predicted molar refractivity (Wildman–Crippen MR) is 133 cm³/mol. The second-order valence-corrected chi connectivity index (χ2v) is 9.24. The average Bonchev–Trinajstić information content (AvgIpc) is 2.89. The van der Waals surface area contributed by atoms with Crippen LogP contribution in [-0.2, 0) is 13.0 Å².